The number of aromatic amines is 1. The van der Waals surface area contributed by atoms with Gasteiger partial charge < -0.3 is 10.3 Å². The van der Waals surface area contributed by atoms with Gasteiger partial charge in [0.1, 0.15) is 0 Å². The maximum Gasteiger partial charge on any atom is 0.417 e. The highest BCUT2D eigenvalue weighted by Gasteiger charge is 2.36. The number of nitrogens with zero attached hydrogens (tertiary/aromatic N) is 1. The Kier molecular flexibility index (Phi) is 6.14. The summed E-state index contributed by atoms with van der Waals surface area (Å²) in [5.41, 5.74) is 0.116. The van der Waals surface area contributed by atoms with Crippen LogP contribution in [-0.4, -0.2) is 30.7 Å². The minimum Gasteiger partial charge on any atom is -0.363 e. The van der Waals surface area contributed by atoms with E-state index in [9.17, 15) is 26.4 Å². The quantitative estimate of drug-likeness (QED) is 0.498. The number of alkyl halides is 3. The van der Waals surface area contributed by atoms with Gasteiger partial charge in [-0.2, -0.15) is 13.2 Å². The van der Waals surface area contributed by atoms with Crippen molar-refractivity contribution in [2.24, 2.45) is 0 Å². The normalized spacial score (nSPS) is 13.1. The Morgan fingerprint density at radius 1 is 1.26 bits per heavy atom. The number of amides is 2. The summed E-state index contributed by atoms with van der Waals surface area (Å²) in [4.78, 5) is 19.0. The lowest BCUT2D eigenvalue weighted by atomic mass is 10.1. The fraction of sp³-hybridized carbons (Fsp3) is 0.263. The van der Waals surface area contributed by atoms with Crippen molar-refractivity contribution in [3.63, 3.8) is 0 Å². The summed E-state index contributed by atoms with van der Waals surface area (Å²) < 4.78 is 63.8. The molecule has 0 aliphatic carbocycles. The molecule has 1 aromatic carbocycles. The predicted molar refractivity (Wildman–Crippen MR) is 112 cm³/mol. The standard InChI is InChI=1S/C19H19F3N4O3S2/c1-10(14-5-4-8-23-14)24-17(27)26-18-25-11(2)16(30-18)12-6-7-15(31(3,28)29)13(9-12)19(20,21)22/h4-10,23H,1-3H3,(H2,24,25,26,27). The highest BCUT2D eigenvalue weighted by molar-refractivity contribution is 7.90. The minimum atomic E-state index is -4.85. The van der Waals surface area contributed by atoms with E-state index in [-0.39, 0.29) is 16.7 Å². The molecule has 0 aliphatic rings. The number of hydrogen-bond acceptors (Lipinski definition) is 5. The number of carbonyl (C=O) groups is 1. The zero-order chi connectivity index (χ0) is 23.0. The van der Waals surface area contributed by atoms with Gasteiger partial charge in [-0.15, -0.1) is 0 Å². The van der Waals surface area contributed by atoms with E-state index in [1.54, 1.807) is 26.1 Å². The molecule has 1 atom stereocenters. The fourth-order valence-electron chi connectivity index (χ4n) is 2.95. The molecular formula is C19H19F3N4O3S2. The van der Waals surface area contributed by atoms with Crippen molar-refractivity contribution in [2.75, 3.05) is 11.6 Å². The van der Waals surface area contributed by atoms with Crippen LogP contribution in [0.25, 0.3) is 10.4 Å². The molecular weight excluding hydrogens is 453 g/mol. The predicted octanol–water partition coefficient (Wildman–Crippen LogP) is 4.75. The van der Waals surface area contributed by atoms with Gasteiger partial charge in [0.15, 0.2) is 15.0 Å². The van der Waals surface area contributed by atoms with Crippen molar-refractivity contribution in [3.8, 4) is 10.4 Å². The van der Waals surface area contributed by atoms with Gasteiger partial charge in [0.05, 0.1) is 27.1 Å². The lowest BCUT2D eigenvalue weighted by Gasteiger charge is -2.13. The number of rotatable bonds is 5. The Hall–Kier alpha value is -2.86. The van der Waals surface area contributed by atoms with Crippen molar-refractivity contribution in [3.05, 3.63) is 53.5 Å². The third-order valence-corrected chi connectivity index (χ3v) is 6.68. The molecule has 1 unspecified atom stereocenters. The van der Waals surface area contributed by atoms with E-state index in [0.29, 0.717) is 10.6 Å². The first kappa shape index (κ1) is 22.8. The number of thiazole rings is 1. The van der Waals surface area contributed by atoms with Gasteiger partial charge in [-0.3, -0.25) is 5.32 Å². The Morgan fingerprint density at radius 3 is 2.55 bits per heavy atom. The molecule has 166 valence electrons. The van der Waals surface area contributed by atoms with Crippen LogP contribution in [0.2, 0.25) is 0 Å². The molecule has 0 spiro atoms. The molecule has 0 aliphatic heterocycles. The van der Waals surface area contributed by atoms with Gasteiger partial charge in [0.25, 0.3) is 0 Å². The Morgan fingerprint density at radius 2 is 1.97 bits per heavy atom. The Bertz CT molecular complexity index is 1200. The number of aromatic nitrogens is 2. The number of carbonyl (C=O) groups excluding carboxylic acids is 1. The van der Waals surface area contributed by atoms with Crippen LogP contribution in [0.15, 0.2) is 41.4 Å². The van der Waals surface area contributed by atoms with Crippen molar-refractivity contribution in [1.82, 2.24) is 15.3 Å². The van der Waals surface area contributed by atoms with Gasteiger partial charge in [0.2, 0.25) is 0 Å². The van der Waals surface area contributed by atoms with E-state index in [1.807, 2.05) is 6.07 Å². The average Bonchev–Trinajstić information content (AvgIpc) is 3.29. The van der Waals surface area contributed by atoms with Gasteiger partial charge in [0, 0.05) is 18.1 Å². The first-order chi connectivity index (χ1) is 14.4. The lowest BCUT2D eigenvalue weighted by Crippen LogP contribution is -2.31. The van der Waals surface area contributed by atoms with Crippen molar-refractivity contribution >= 4 is 32.3 Å². The molecule has 31 heavy (non-hydrogen) atoms. The van der Waals surface area contributed by atoms with Crippen LogP contribution in [0.5, 0.6) is 0 Å². The molecule has 0 saturated heterocycles. The second-order valence-corrected chi connectivity index (χ2v) is 9.84. The summed E-state index contributed by atoms with van der Waals surface area (Å²) in [5, 5.41) is 5.49. The molecule has 0 bridgehead atoms. The maximum atomic E-state index is 13.4. The first-order valence-corrected chi connectivity index (χ1v) is 11.7. The third kappa shape index (κ3) is 5.25. The van der Waals surface area contributed by atoms with Crippen LogP contribution in [0, 0.1) is 6.92 Å². The number of benzene rings is 1. The van der Waals surface area contributed by atoms with Gasteiger partial charge in [-0.1, -0.05) is 17.4 Å². The highest BCUT2D eigenvalue weighted by atomic mass is 32.2. The number of hydrogen-bond donors (Lipinski definition) is 3. The topological polar surface area (TPSA) is 104 Å². The molecule has 0 radical (unpaired) electrons. The second kappa shape index (κ2) is 8.35. The molecule has 2 aromatic heterocycles. The van der Waals surface area contributed by atoms with E-state index < -0.39 is 32.5 Å². The molecule has 2 heterocycles. The number of aryl methyl sites for hydroxylation is 1. The van der Waals surface area contributed by atoms with Crippen molar-refractivity contribution in [1.29, 1.82) is 0 Å². The van der Waals surface area contributed by atoms with Gasteiger partial charge >= 0.3 is 12.2 Å². The summed E-state index contributed by atoms with van der Waals surface area (Å²) in [6, 6.07) is 5.81. The molecule has 0 fully saturated rings. The van der Waals surface area contributed by atoms with E-state index in [4.69, 9.17) is 0 Å². The summed E-state index contributed by atoms with van der Waals surface area (Å²) >= 11 is 0.991. The molecule has 3 aromatic rings. The molecule has 2 amide bonds. The number of H-pyrrole nitrogens is 1. The van der Waals surface area contributed by atoms with Crippen LogP contribution in [0.4, 0.5) is 23.1 Å². The number of nitrogens with one attached hydrogen (secondary N) is 3. The highest BCUT2D eigenvalue weighted by Crippen LogP contribution is 2.39. The van der Waals surface area contributed by atoms with E-state index in [2.05, 4.69) is 20.6 Å². The maximum absolute atomic E-state index is 13.4. The van der Waals surface area contributed by atoms with Crippen LogP contribution in [0.3, 0.4) is 0 Å². The van der Waals surface area contributed by atoms with Gasteiger partial charge in [-0.25, -0.2) is 18.2 Å². The molecule has 12 heteroatoms. The van der Waals surface area contributed by atoms with Crippen LogP contribution >= 0.6 is 11.3 Å². The molecule has 3 N–H and O–H groups in total. The van der Waals surface area contributed by atoms with Gasteiger partial charge in [-0.05, 0) is 43.7 Å². The van der Waals surface area contributed by atoms with Crippen molar-refractivity contribution in [2.45, 2.75) is 31.0 Å². The number of urea groups is 1. The second-order valence-electron chi connectivity index (χ2n) is 6.86. The third-order valence-electron chi connectivity index (χ3n) is 4.40. The zero-order valence-corrected chi connectivity index (χ0v) is 18.3. The molecule has 0 saturated carbocycles. The monoisotopic (exact) mass is 472 g/mol. The minimum absolute atomic E-state index is 0.155. The zero-order valence-electron chi connectivity index (χ0n) is 16.7. The SMILES string of the molecule is Cc1nc(NC(=O)NC(C)c2ccc[nH]2)sc1-c1ccc(S(C)(=O)=O)c(C(F)(F)F)c1. The first-order valence-electron chi connectivity index (χ1n) is 8.96. The molecule has 3 rings (SSSR count). The van der Waals surface area contributed by atoms with Crippen LogP contribution in [-0.2, 0) is 16.0 Å². The van der Waals surface area contributed by atoms with Crippen LogP contribution < -0.4 is 10.6 Å². The van der Waals surface area contributed by atoms with E-state index in [1.165, 1.54) is 6.07 Å². The number of sulfone groups is 1. The lowest BCUT2D eigenvalue weighted by molar-refractivity contribution is -0.139. The van der Waals surface area contributed by atoms with E-state index >= 15 is 0 Å². The smallest absolute Gasteiger partial charge is 0.363 e. The number of halogens is 3. The fourth-order valence-corrected chi connectivity index (χ4v) is 4.80. The summed E-state index contributed by atoms with van der Waals surface area (Å²) in [5.74, 6) is 0. The summed E-state index contributed by atoms with van der Waals surface area (Å²) in [6.07, 6.45) is -2.39. The van der Waals surface area contributed by atoms with Crippen molar-refractivity contribution < 1.29 is 26.4 Å². The van der Waals surface area contributed by atoms with Crippen LogP contribution in [0.1, 0.15) is 29.9 Å². The Labute approximate surface area is 180 Å². The summed E-state index contributed by atoms with van der Waals surface area (Å²) in [6.45, 7) is 3.38. The Balaban J connectivity index is 1.86. The number of anilines is 1. The largest absolute Gasteiger partial charge is 0.417 e. The van der Waals surface area contributed by atoms with E-state index in [0.717, 1.165) is 35.4 Å². The molecule has 7 nitrogen and oxygen atoms in total. The average molecular weight is 473 g/mol. The summed E-state index contributed by atoms with van der Waals surface area (Å²) in [7, 11) is -4.07.